The number of benzene rings is 1. The number of ether oxygens (including phenoxy) is 1. The second-order valence-corrected chi connectivity index (χ2v) is 9.76. The van der Waals surface area contributed by atoms with Gasteiger partial charge in [-0.15, -0.1) is 5.10 Å². The lowest BCUT2D eigenvalue weighted by atomic mass is 9.98. The van der Waals surface area contributed by atoms with Crippen LogP contribution in [0.15, 0.2) is 59.8 Å². The van der Waals surface area contributed by atoms with Crippen LogP contribution >= 0.6 is 11.6 Å². The SMILES string of the molecule is O=S(=O)(N[C@@H]1CC[C@@H](CCn2cc(-c3ccccn3)nn2)O[C@@H]1CO)c1cccc(Cl)c1. The maximum atomic E-state index is 12.7. The predicted octanol–water partition coefficient (Wildman–Crippen LogP) is 2.27. The van der Waals surface area contributed by atoms with Crippen molar-refractivity contribution in [1.82, 2.24) is 24.7 Å². The normalized spacial score (nSPS) is 21.5. The van der Waals surface area contributed by atoms with Gasteiger partial charge in [0.2, 0.25) is 10.0 Å². The first-order valence-electron chi connectivity index (χ1n) is 10.3. The third-order valence-corrected chi connectivity index (χ3v) is 7.08. The number of aryl methyl sites for hydroxylation is 1. The van der Waals surface area contributed by atoms with E-state index in [2.05, 4.69) is 20.0 Å². The van der Waals surface area contributed by atoms with Gasteiger partial charge in [-0.05, 0) is 49.6 Å². The van der Waals surface area contributed by atoms with Gasteiger partial charge in [0, 0.05) is 17.8 Å². The monoisotopic (exact) mass is 477 g/mol. The van der Waals surface area contributed by atoms with E-state index in [4.69, 9.17) is 16.3 Å². The van der Waals surface area contributed by atoms with Crippen LogP contribution in [0.3, 0.4) is 0 Å². The number of sulfonamides is 1. The molecule has 0 radical (unpaired) electrons. The number of nitrogens with one attached hydrogen (secondary N) is 1. The molecule has 1 aromatic carbocycles. The minimum atomic E-state index is -3.78. The molecule has 0 unspecified atom stereocenters. The van der Waals surface area contributed by atoms with Gasteiger partial charge >= 0.3 is 0 Å². The van der Waals surface area contributed by atoms with Crippen molar-refractivity contribution < 1.29 is 18.3 Å². The number of hydrogen-bond acceptors (Lipinski definition) is 7. The van der Waals surface area contributed by atoms with Crippen molar-refractivity contribution in [3.05, 3.63) is 59.9 Å². The number of aliphatic hydroxyl groups excluding tert-OH is 1. The Balaban J connectivity index is 1.33. The van der Waals surface area contributed by atoms with E-state index < -0.39 is 22.2 Å². The van der Waals surface area contributed by atoms with Crippen LogP contribution < -0.4 is 4.72 Å². The van der Waals surface area contributed by atoms with Crippen molar-refractivity contribution in [3.8, 4) is 11.4 Å². The second-order valence-electron chi connectivity index (χ2n) is 7.61. The van der Waals surface area contributed by atoms with Crippen molar-refractivity contribution in [3.63, 3.8) is 0 Å². The molecular formula is C21H24ClN5O4S. The van der Waals surface area contributed by atoms with E-state index in [0.717, 1.165) is 5.69 Å². The Kier molecular flexibility index (Phi) is 7.17. The Hall–Kier alpha value is -2.37. The summed E-state index contributed by atoms with van der Waals surface area (Å²) in [4.78, 5) is 4.35. The molecule has 2 aromatic heterocycles. The third kappa shape index (κ3) is 5.51. The summed E-state index contributed by atoms with van der Waals surface area (Å²) in [6.07, 6.45) is 4.64. The first kappa shape index (κ1) is 22.8. The molecule has 170 valence electrons. The molecule has 1 aliphatic rings. The fraction of sp³-hybridized carbons (Fsp3) is 0.381. The molecule has 0 amide bonds. The van der Waals surface area contributed by atoms with Gasteiger partial charge in [0.1, 0.15) is 5.69 Å². The van der Waals surface area contributed by atoms with E-state index in [0.29, 0.717) is 36.5 Å². The number of hydrogen-bond donors (Lipinski definition) is 2. The van der Waals surface area contributed by atoms with E-state index in [9.17, 15) is 13.5 Å². The Labute approximate surface area is 191 Å². The molecule has 0 spiro atoms. The molecule has 3 atom stereocenters. The lowest BCUT2D eigenvalue weighted by Gasteiger charge is -2.36. The molecule has 4 rings (SSSR count). The minimum Gasteiger partial charge on any atom is -0.394 e. The van der Waals surface area contributed by atoms with Gasteiger partial charge in [0.25, 0.3) is 0 Å². The van der Waals surface area contributed by atoms with Crippen molar-refractivity contribution in [2.45, 2.75) is 49.0 Å². The maximum Gasteiger partial charge on any atom is 0.240 e. The number of nitrogens with zero attached hydrogens (tertiary/aromatic N) is 4. The van der Waals surface area contributed by atoms with Crippen LogP contribution in [0.4, 0.5) is 0 Å². The zero-order valence-electron chi connectivity index (χ0n) is 17.2. The van der Waals surface area contributed by atoms with Gasteiger partial charge in [-0.3, -0.25) is 9.67 Å². The van der Waals surface area contributed by atoms with Crippen LogP contribution in [0.2, 0.25) is 5.02 Å². The average molecular weight is 478 g/mol. The number of pyridine rings is 1. The Morgan fingerprint density at radius 2 is 2.06 bits per heavy atom. The highest BCUT2D eigenvalue weighted by molar-refractivity contribution is 7.89. The number of aliphatic hydroxyl groups is 1. The third-order valence-electron chi connectivity index (χ3n) is 5.35. The van der Waals surface area contributed by atoms with Crippen molar-refractivity contribution in [2.75, 3.05) is 6.61 Å². The van der Waals surface area contributed by atoms with Crippen LogP contribution in [0.1, 0.15) is 19.3 Å². The van der Waals surface area contributed by atoms with E-state index in [-0.39, 0.29) is 17.6 Å². The summed E-state index contributed by atoms with van der Waals surface area (Å²) >= 11 is 5.92. The van der Waals surface area contributed by atoms with Gasteiger partial charge in [0.15, 0.2) is 0 Å². The lowest BCUT2D eigenvalue weighted by molar-refractivity contribution is -0.0891. The molecule has 32 heavy (non-hydrogen) atoms. The van der Waals surface area contributed by atoms with Gasteiger partial charge in [0.05, 0.1) is 41.6 Å². The summed E-state index contributed by atoms with van der Waals surface area (Å²) in [5, 5.41) is 18.4. The zero-order chi connectivity index (χ0) is 22.6. The van der Waals surface area contributed by atoms with Crippen LogP contribution in [0.25, 0.3) is 11.4 Å². The molecular weight excluding hydrogens is 454 g/mol. The predicted molar refractivity (Wildman–Crippen MR) is 118 cm³/mol. The molecule has 9 nitrogen and oxygen atoms in total. The summed E-state index contributed by atoms with van der Waals surface area (Å²) in [6.45, 7) is 0.300. The molecule has 0 bridgehead atoms. The summed E-state index contributed by atoms with van der Waals surface area (Å²) in [6, 6.07) is 11.1. The minimum absolute atomic E-state index is 0.0821. The molecule has 0 saturated carbocycles. The summed E-state index contributed by atoms with van der Waals surface area (Å²) in [7, 11) is -3.78. The molecule has 1 fully saturated rings. The topological polar surface area (TPSA) is 119 Å². The number of halogens is 1. The number of rotatable bonds is 8. The van der Waals surface area contributed by atoms with Gasteiger partial charge in [-0.25, -0.2) is 13.1 Å². The number of aromatic nitrogens is 4. The fourth-order valence-corrected chi connectivity index (χ4v) is 5.30. The van der Waals surface area contributed by atoms with Crippen molar-refractivity contribution in [2.24, 2.45) is 0 Å². The van der Waals surface area contributed by atoms with Crippen LogP contribution in [0.5, 0.6) is 0 Å². The first-order chi connectivity index (χ1) is 15.4. The smallest absolute Gasteiger partial charge is 0.240 e. The van der Waals surface area contributed by atoms with Gasteiger partial charge in [-0.1, -0.05) is 28.9 Å². The Morgan fingerprint density at radius 1 is 1.19 bits per heavy atom. The van der Waals surface area contributed by atoms with E-state index >= 15 is 0 Å². The molecule has 3 heterocycles. The van der Waals surface area contributed by atoms with Crippen molar-refractivity contribution >= 4 is 21.6 Å². The molecule has 3 aromatic rings. The quantitative estimate of drug-likeness (QED) is 0.510. The van der Waals surface area contributed by atoms with Crippen LogP contribution in [-0.4, -0.2) is 58.4 Å². The highest BCUT2D eigenvalue weighted by Gasteiger charge is 2.34. The highest BCUT2D eigenvalue weighted by atomic mass is 35.5. The van der Waals surface area contributed by atoms with E-state index in [1.54, 1.807) is 23.0 Å². The summed E-state index contributed by atoms with van der Waals surface area (Å²) in [5.41, 5.74) is 1.45. The molecule has 0 aliphatic carbocycles. The van der Waals surface area contributed by atoms with E-state index in [1.807, 2.05) is 24.4 Å². The Bertz CT molecular complexity index is 1140. The van der Waals surface area contributed by atoms with Crippen LogP contribution in [-0.2, 0) is 21.3 Å². The lowest BCUT2D eigenvalue weighted by Crippen LogP contribution is -2.50. The fourth-order valence-electron chi connectivity index (χ4n) is 3.70. The van der Waals surface area contributed by atoms with Crippen molar-refractivity contribution in [1.29, 1.82) is 0 Å². The standard InChI is InChI=1S/C21H24ClN5O4S/c22-15-4-3-5-17(12-15)32(29,30)25-19-8-7-16(31-21(19)14-28)9-11-27-13-20(24-26-27)18-6-1-2-10-23-18/h1-6,10,12-13,16,19,21,25,28H,7-9,11,14H2/t16-,19+,21+/m0/s1. The van der Waals surface area contributed by atoms with Gasteiger partial charge in [-0.2, -0.15) is 0 Å². The molecule has 11 heteroatoms. The molecule has 1 aliphatic heterocycles. The zero-order valence-corrected chi connectivity index (χ0v) is 18.8. The first-order valence-corrected chi connectivity index (χ1v) is 12.2. The second kappa shape index (κ2) is 10.1. The van der Waals surface area contributed by atoms with E-state index in [1.165, 1.54) is 12.1 Å². The molecule has 2 N–H and O–H groups in total. The summed E-state index contributed by atoms with van der Waals surface area (Å²) in [5.74, 6) is 0. The van der Waals surface area contributed by atoms with Crippen LogP contribution in [0, 0.1) is 0 Å². The average Bonchev–Trinajstić information content (AvgIpc) is 3.28. The Morgan fingerprint density at radius 3 is 2.81 bits per heavy atom. The maximum absolute atomic E-state index is 12.7. The molecule has 1 saturated heterocycles. The van der Waals surface area contributed by atoms with Gasteiger partial charge < -0.3 is 9.84 Å². The largest absolute Gasteiger partial charge is 0.394 e. The summed E-state index contributed by atoms with van der Waals surface area (Å²) < 4.78 is 35.8. The highest BCUT2D eigenvalue weighted by Crippen LogP contribution is 2.25.